The Labute approximate surface area is 155 Å². The second kappa shape index (κ2) is 7.10. The quantitative estimate of drug-likeness (QED) is 0.448. The van der Waals surface area contributed by atoms with E-state index in [-0.39, 0.29) is 5.78 Å². The van der Waals surface area contributed by atoms with Crippen LogP contribution in [0.15, 0.2) is 72.8 Å². The zero-order valence-corrected chi connectivity index (χ0v) is 15.1. The number of benzene rings is 3. The number of thiazole rings is 1. The smallest absolute Gasteiger partial charge is 0.169 e. The molecule has 4 heteroatoms. The van der Waals surface area contributed by atoms with Crippen molar-refractivity contribution in [2.24, 2.45) is 0 Å². The van der Waals surface area contributed by atoms with Crippen molar-refractivity contribution in [1.82, 2.24) is 4.98 Å². The summed E-state index contributed by atoms with van der Waals surface area (Å²) in [5, 5.41) is 0.857. The average molecular weight is 359 g/mol. The molecule has 0 aliphatic heterocycles. The first-order valence-electron chi connectivity index (χ1n) is 8.35. The minimum Gasteiger partial charge on any atom is -0.497 e. The van der Waals surface area contributed by atoms with Gasteiger partial charge in [-0.05, 0) is 35.4 Å². The summed E-state index contributed by atoms with van der Waals surface area (Å²) in [5.41, 5.74) is 3.83. The minimum atomic E-state index is 0.0883. The lowest BCUT2D eigenvalue weighted by Gasteiger charge is -2.05. The van der Waals surface area contributed by atoms with E-state index in [0.717, 1.165) is 32.1 Å². The van der Waals surface area contributed by atoms with Crippen LogP contribution in [0.3, 0.4) is 0 Å². The van der Waals surface area contributed by atoms with E-state index < -0.39 is 0 Å². The maximum atomic E-state index is 12.6. The molecule has 0 aliphatic carbocycles. The zero-order valence-electron chi connectivity index (χ0n) is 14.3. The average Bonchev–Trinajstić information content (AvgIpc) is 3.10. The number of rotatable bonds is 5. The second-order valence-electron chi connectivity index (χ2n) is 5.98. The molecule has 0 radical (unpaired) electrons. The van der Waals surface area contributed by atoms with Crippen molar-refractivity contribution < 1.29 is 9.53 Å². The number of carbonyl (C=O) groups is 1. The number of hydrogen-bond donors (Lipinski definition) is 0. The van der Waals surface area contributed by atoms with Gasteiger partial charge in [-0.1, -0.05) is 48.5 Å². The summed E-state index contributed by atoms with van der Waals surface area (Å²) in [6.07, 6.45) is 0.335. The van der Waals surface area contributed by atoms with Crippen LogP contribution in [0.5, 0.6) is 5.75 Å². The highest BCUT2D eigenvalue weighted by Gasteiger charge is 2.11. The van der Waals surface area contributed by atoms with E-state index in [9.17, 15) is 4.79 Å². The minimum absolute atomic E-state index is 0.0883. The van der Waals surface area contributed by atoms with E-state index in [1.165, 1.54) is 0 Å². The number of methoxy groups -OCH3 is 1. The van der Waals surface area contributed by atoms with Crippen LogP contribution in [0.2, 0.25) is 0 Å². The fraction of sp³-hybridized carbons (Fsp3) is 0.0909. The Balaban J connectivity index is 1.51. The van der Waals surface area contributed by atoms with Gasteiger partial charge in [0, 0.05) is 5.56 Å². The van der Waals surface area contributed by atoms with Crippen molar-refractivity contribution in [3.8, 4) is 16.9 Å². The van der Waals surface area contributed by atoms with Gasteiger partial charge in [-0.3, -0.25) is 4.79 Å². The summed E-state index contributed by atoms with van der Waals surface area (Å²) < 4.78 is 6.30. The van der Waals surface area contributed by atoms with E-state index >= 15 is 0 Å². The number of carbonyl (C=O) groups excluding carboxylic acids is 1. The van der Waals surface area contributed by atoms with Gasteiger partial charge in [0.25, 0.3) is 0 Å². The number of ether oxygens (including phenoxy) is 1. The molecule has 0 fully saturated rings. The molecule has 0 spiro atoms. The Morgan fingerprint density at radius 1 is 0.923 bits per heavy atom. The van der Waals surface area contributed by atoms with Crippen LogP contribution < -0.4 is 4.74 Å². The third kappa shape index (κ3) is 3.37. The van der Waals surface area contributed by atoms with Crippen LogP contribution in [0.4, 0.5) is 0 Å². The molecule has 26 heavy (non-hydrogen) atoms. The SMILES string of the molecule is COc1ccc(-c2ccc(C(=O)Cc3nc4ccccc4s3)cc2)cc1. The van der Waals surface area contributed by atoms with Gasteiger partial charge in [0.2, 0.25) is 0 Å². The highest BCUT2D eigenvalue weighted by Crippen LogP contribution is 2.25. The molecule has 0 saturated heterocycles. The Kier molecular flexibility index (Phi) is 4.50. The van der Waals surface area contributed by atoms with Gasteiger partial charge < -0.3 is 4.74 Å². The Hall–Kier alpha value is -2.98. The van der Waals surface area contributed by atoms with Crippen molar-refractivity contribution in [3.63, 3.8) is 0 Å². The Bertz CT molecular complexity index is 1020. The normalized spacial score (nSPS) is 10.8. The first-order valence-corrected chi connectivity index (χ1v) is 9.17. The Morgan fingerprint density at radius 2 is 1.58 bits per heavy atom. The van der Waals surface area contributed by atoms with E-state index in [1.807, 2.05) is 72.8 Å². The predicted molar refractivity (Wildman–Crippen MR) is 106 cm³/mol. The molecule has 128 valence electrons. The van der Waals surface area contributed by atoms with Gasteiger partial charge in [-0.25, -0.2) is 4.98 Å². The van der Waals surface area contributed by atoms with Crippen LogP contribution in [0.1, 0.15) is 15.4 Å². The summed E-state index contributed by atoms with van der Waals surface area (Å²) in [5.74, 6) is 0.918. The van der Waals surface area contributed by atoms with Crippen LogP contribution in [-0.4, -0.2) is 17.9 Å². The number of ketones is 1. The lowest BCUT2D eigenvalue weighted by atomic mass is 10.0. The Morgan fingerprint density at radius 3 is 2.23 bits per heavy atom. The molecule has 0 amide bonds. The number of hydrogen-bond acceptors (Lipinski definition) is 4. The number of aromatic nitrogens is 1. The molecule has 3 aromatic carbocycles. The van der Waals surface area contributed by atoms with Crippen LogP contribution in [-0.2, 0) is 6.42 Å². The highest BCUT2D eigenvalue weighted by atomic mass is 32.1. The molecule has 0 unspecified atom stereocenters. The highest BCUT2D eigenvalue weighted by molar-refractivity contribution is 7.18. The maximum absolute atomic E-state index is 12.6. The largest absolute Gasteiger partial charge is 0.497 e. The molecule has 4 rings (SSSR count). The molecule has 0 saturated carbocycles. The first-order chi connectivity index (χ1) is 12.7. The molecule has 0 atom stereocenters. The fourth-order valence-corrected chi connectivity index (χ4v) is 3.83. The molecule has 1 heterocycles. The molecule has 4 aromatic rings. The van der Waals surface area contributed by atoms with E-state index in [4.69, 9.17) is 4.74 Å². The number of nitrogens with zero attached hydrogens (tertiary/aromatic N) is 1. The van der Waals surface area contributed by atoms with Gasteiger partial charge >= 0.3 is 0 Å². The summed E-state index contributed by atoms with van der Waals surface area (Å²) in [6, 6.07) is 23.6. The third-order valence-corrected chi connectivity index (χ3v) is 5.32. The lowest BCUT2D eigenvalue weighted by Crippen LogP contribution is -2.02. The van der Waals surface area contributed by atoms with Crippen molar-refractivity contribution in [1.29, 1.82) is 0 Å². The van der Waals surface area contributed by atoms with Crippen molar-refractivity contribution in [2.75, 3.05) is 7.11 Å². The van der Waals surface area contributed by atoms with E-state index in [2.05, 4.69) is 4.98 Å². The topological polar surface area (TPSA) is 39.2 Å². The van der Waals surface area contributed by atoms with E-state index in [0.29, 0.717) is 12.0 Å². The summed E-state index contributed by atoms with van der Waals surface area (Å²) >= 11 is 1.58. The van der Waals surface area contributed by atoms with Gasteiger partial charge in [0.15, 0.2) is 5.78 Å². The monoisotopic (exact) mass is 359 g/mol. The molecule has 0 aliphatic rings. The lowest BCUT2D eigenvalue weighted by molar-refractivity contribution is 0.0993. The predicted octanol–water partition coefficient (Wildman–Crippen LogP) is 5.40. The molecule has 1 aromatic heterocycles. The second-order valence-corrected chi connectivity index (χ2v) is 7.10. The van der Waals surface area contributed by atoms with E-state index in [1.54, 1.807) is 18.4 Å². The molecular formula is C22H17NO2S. The van der Waals surface area contributed by atoms with Gasteiger partial charge in [0.05, 0.1) is 23.7 Å². The summed E-state index contributed by atoms with van der Waals surface area (Å²) in [6.45, 7) is 0. The zero-order chi connectivity index (χ0) is 17.9. The summed E-state index contributed by atoms with van der Waals surface area (Å²) in [7, 11) is 1.65. The van der Waals surface area contributed by atoms with Gasteiger partial charge in [-0.2, -0.15) is 0 Å². The van der Waals surface area contributed by atoms with Gasteiger partial charge in [0.1, 0.15) is 10.8 Å². The standard InChI is InChI=1S/C22H17NO2S/c1-25-18-12-10-16(11-13-18)15-6-8-17(9-7-15)20(24)14-22-23-19-4-2-3-5-21(19)26-22/h2-13H,14H2,1H3. The van der Waals surface area contributed by atoms with Crippen LogP contribution in [0.25, 0.3) is 21.3 Å². The number of fused-ring (bicyclic) bond motifs is 1. The molecule has 0 N–H and O–H groups in total. The number of para-hydroxylation sites is 1. The van der Waals surface area contributed by atoms with Crippen molar-refractivity contribution in [3.05, 3.63) is 83.4 Å². The fourth-order valence-electron chi connectivity index (χ4n) is 2.87. The van der Waals surface area contributed by atoms with Crippen molar-refractivity contribution in [2.45, 2.75) is 6.42 Å². The molecule has 0 bridgehead atoms. The van der Waals surface area contributed by atoms with Crippen LogP contribution >= 0.6 is 11.3 Å². The first kappa shape index (κ1) is 16.5. The van der Waals surface area contributed by atoms with Crippen molar-refractivity contribution >= 4 is 27.3 Å². The maximum Gasteiger partial charge on any atom is 0.169 e. The number of Topliss-reactive ketones (excluding diaryl/α,β-unsaturated/α-hetero) is 1. The van der Waals surface area contributed by atoms with Crippen LogP contribution in [0, 0.1) is 0 Å². The molecular weight excluding hydrogens is 342 g/mol. The summed E-state index contributed by atoms with van der Waals surface area (Å²) in [4.78, 5) is 17.1. The third-order valence-electron chi connectivity index (χ3n) is 4.28. The van der Waals surface area contributed by atoms with Gasteiger partial charge in [-0.15, -0.1) is 11.3 Å². The molecule has 3 nitrogen and oxygen atoms in total.